The fourth-order valence-corrected chi connectivity index (χ4v) is 1.40. The number of nitrogens with zero attached hydrogens (tertiary/aromatic N) is 4. The Balaban J connectivity index is 2.33. The van der Waals surface area contributed by atoms with E-state index in [-0.39, 0.29) is 6.04 Å². The predicted octanol–water partition coefficient (Wildman–Crippen LogP) is 0.202. The van der Waals surface area contributed by atoms with Crippen molar-refractivity contribution >= 4 is 0 Å². The third kappa shape index (κ3) is 1.42. The molecule has 14 heavy (non-hydrogen) atoms. The molecule has 2 aromatic heterocycles. The Bertz CT molecular complexity index is 428. The summed E-state index contributed by atoms with van der Waals surface area (Å²) in [5.74, 6) is 0.823. The lowest BCUT2D eigenvalue weighted by Crippen LogP contribution is -2.16. The van der Waals surface area contributed by atoms with E-state index in [2.05, 4.69) is 9.97 Å². The minimum atomic E-state index is -0.254. The van der Waals surface area contributed by atoms with Crippen LogP contribution in [-0.4, -0.2) is 19.1 Å². The number of hydrogen-bond acceptors (Lipinski definition) is 3. The summed E-state index contributed by atoms with van der Waals surface area (Å²) < 4.78 is 3.78. The van der Waals surface area contributed by atoms with Crippen molar-refractivity contribution in [2.75, 3.05) is 0 Å². The van der Waals surface area contributed by atoms with Crippen LogP contribution in [0.2, 0.25) is 0 Å². The van der Waals surface area contributed by atoms with Gasteiger partial charge in [-0.2, -0.15) is 0 Å². The van der Waals surface area contributed by atoms with Crippen LogP contribution in [0.5, 0.6) is 0 Å². The van der Waals surface area contributed by atoms with Crippen LogP contribution < -0.4 is 5.73 Å². The molecule has 2 N–H and O–H groups in total. The maximum absolute atomic E-state index is 6.02. The number of hydrogen-bond donors (Lipinski definition) is 1. The lowest BCUT2D eigenvalue weighted by molar-refractivity contribution is 0.702. The largest absolute Gasteiger partial charge is 0.340 e. The molecule has 0 spiro atoms. The van der Waals surface area contributed by atoms with Gasteiger partial charge in [0.25, 0.3) is 0 Å². The molecular weight excluding hydrogens is 178 g/mol. The predicted molar refractivity (Wildman–Crippen MR) is 52.4 cm³/mol. The molecule has 0 aliphatic rings. The molecular formula is C9H13N5. The first-order valence-corrected chi connectivity index (χ1v) is 4.39. The summed E-state index contributed by atoms with van der Waals surface area (Å²) >= 11 is 0. The van der Waals surface area contributed by atoms with Gasteiger partial charge in [0.1, 0.15) is 11.9 Å². The third-order valence-electron chi connectivity index (χ3n) is 2.18. The standard InChI is InChI=1S/C9H13N5/c1-13-5-7(12-6-13)8(10)9-11-3-4-14(9)2/h3-6,8H,10H2,1-2H3. The molecule has 2 aromatic rings. The summed E-state index contributed by atoms with van der Waals surface area (Å²) in [6.07, 6.45) is 7.24. The lowest BCUT2D eigenvalue weighted by atomic mass is 10.2. The second-order valence-corrected chi connectivity index (χ2v) is 3.34. The van der Waals surface area contributed by atoms with Crippen LogP contribution in [0.15, 0.2) is 24.9 Å². The van der Waals surface area contributed by atoms with E-state index < -0.39 is 0 Å². The van der Waals surface area contributed by atoms with E-state index in [0.29, 0.717) is 0 Å². The Morgan fingerprint density at radius 1 is 1.36 bits per heavy atom. The zero-order valence-corrected chi connectivity index (χ0v) is 8.25. The number of aryl methyl sites for hydroxylation is 2. The van der Waals surface area contributed by atoms with E-state index in [9.17, 15) is 0 Å². The number of nitrogens with two attached hydrogens (primary N) is 1. The average Bonchev–Trinajstić information content (AvgIpc) is 2.73. The number of imidazole rings is 2. The van der Waals surface area contributed by atoms with Crippen LogP contribution in [0.4, 0.5) is 0 Å². The first kappa shape index (κ1) is 8.96. The minimum absolute atomic E-state index is 0.254. The molecule has 1 unspecified atom stereocenters. The van der Waals surface area contributed by atoms with Gasteiger partial charge in [-0.25, -0.2) is 9.97 Å². The zero-order valence-electron chi connectivity index (χ0n) is 8.25. The van der Waals surface area contributed by atoms with Crippen molar-refractivity contribution in [2.45, 2.75) is 6.04 Å². The highest BCUT2D eigenvalue weighted by atomic mass is 15.1. The van der Waals surface area contributed by atoms with Gasteiger partial charge in [-0.3, -0.25) is 0 Å². The fourth-order valence-electron chi connectivity index (χ4n) is 1.40. The molecule has 0 saturated carbocycles. The molecule has 74 valence electrons. The molecule has 0 amide bonds. The van der Waals surface area contributed by atoms with Crippen molar-refractivity contribution in [3.05, 3.63) is 36.4 Å². The van der Waals surface area contributed by atoms with E-state index in [1.165, 1.54) is 0 Å². The maximum atomic E-state index is 6.02. The summed E-state index contributed by atoms with van der Waals surface area (Å²) in [6.45, 7) is 0. The molecule has 0 aliphatic heterocycles. The van der Waals surface area contributed by atoms with Gasteiger partial charge in [0.2, 0.25) is 0 Å². The van der Waals surface area contributed by atoms with Gasteiger partial charge in [0.15, 0.2) is 0 Å². The summed E-state index contributed by atoms with van der Waals surface area (Å²) in [6, 6.07) is -0.254. The van der Waals surface area contributed by atoms with Crippen molar-refractivity contribution in [2.24, 2.45) is 19.8 Å². The van der Waals surface area contributed by atoms with Gasteiger partial charge < -0.3 is 14.9 Å². The molecule has 2 rings (SSSR count). The van der Waals surface area contributed by atoms with Gasteiger partial charge in [0, 0.05) is 32.7 Å². The van der Waals surface area contributed by atoms with Crippen molar-refractivity contribution in [3.63, 3.8) is 0 Å². The van der Waals surface area contributed by atoms with Crippen LogP contribution in [-0.2, 0) is 14.1 Å². The molecule has 5 nitrogen and oxygen atoms in total. The van der Waals surface area contributed by atoms with Crippen LogP contribution in [0.1, 0.15) is 17.6 Å². The topological polar surface area (TPSA) is 61.7 Å². The van der Waals surface area contributed by atoms with Crippen LogP contribution in [0.25, 0.3) is 0 Å². The highest BCUT2D eigenvalue weighted by Crippen LogP contribution is 2.14. The number of aromatic nitrogens is 4. The Morgan fingerprint density at radius 2 is 2.14 bits per heavy atom. The highest BCUT2D eigenvalue weighted by Gasteiger charge is 2.15. The van der Waals surface area contributed by atoms with Gasteiger partial charge in [-0.1, -0.05) is 0 Å². The van der Waals surface area contributed by atoms with Crippen LogP contribution in [0, 0.1) is 0 Å². The van der Waals surface area contributed by atoms with Crippen molar-refractivity contribution in [1.29, 1.82) is 0 Å². The van der Waals surface area contributed by atoms with Crippen LogP contribution in [0.3, 0.4) is 0 Å². The summed E-state index contributed by atoms with van der Waals surface area (Å²) in [4.78, 5) is 8.39. The van der Waals surface area contributed by atoms with Crippen molar-refractivity contribution < 1.29 is 0 Å². The van der Waals surface area contributed by atoms with Gasteiger partial charge in [-0.05, 0) is 0 Å². The van der Waals surface area contributed by atoms with Gasteiger partial charge in [-0.15, -0.1) is 0 Å². The summed E-state index contributed by atoms with van der Waals surface area (Å²) in [5, 5.41) is 0. The van der Waals surface area contributed by atoms with E-state index >= 15 is 0 Å². The quantitative estimate of drug-likeness (QED) is 0.737. The smallest absolute Gasteiger partial charge is 0.131 e. The van der Waals surface area contributed by atoms with Gasteiger partial charge >= 0.3 is 0 Å². The summed E-state index contributed by atoms with van der Waals surface area (Å²) in [5.41, 5.74) is 6.85. The van der Waals surface area contributed by atoms with Crippen LogP contribution >= 0.6 is 0 Å². The van der Waals surface area contributed by atoms with E-state index in [1.54, 1.807) is 12.5 Å². The molecule has 5 heteroatoms. The Labute approximate surface area is 82.2 Å². The lowest BCUT2D eigenvalue weighted by Gasteiger charge is -2.08. The normalized spacial score (nSPS) is 13.1. The molecule has 0 bridgehead atoms. The fraction of sp³-hybridized carbons (Fsp3) is 0.333. The number of rotatable bonds is 2. The third-order valence-corrected chi connectivity index (χ3v) is 2.18. The van der Waals surface area contributed by atoms with E-state index in [4.69, 9.17) is 5.73 Å². The first-order chi connectivity index (χ1) is 6.68. The second-order valence-electron chi connectivity index (χ2n) is 3.34. The van der Waals surface area contributed by atoms with E-state index in [1.807, 2.05) is 35.6 Å². The Kier molecular flexibility index (Phi) is 2.09. The molecule has 0 aliphatic carbocycles. The molecule has 0 fully saturated rings. The van der Waals surface area contributed by atoms with Gasteiger partial charge in [0.05, 0.1) is 12.0 Å². The van der Waals surface area contributed by atoms with Crippen molar-refractivity contribution in [3.8, 4) is 0 Å². The first-order valence-electron chi connectivity index (χ1n) is 4.39. The Hall–Kier alpha value is -1.62. The van der Waals surface area contributed by atoms with E-state index in [0.717, 1.165) is 11.5 Å². The minimum Gasteiger partial charge on any atom is -0.340 e. The molecule has 0 radical (unpaired) electrons. The highest BCUT2D eigenvalue weighted by molar-refractivity contribution is 5.14. The molecule has 0 saturated heterocycles. The average molecular weight is 191 g/mol. The summed E-state index contributed by atoms with van der Waals surface area (Å²) in [7, 11) is 3.84. The second kappa shape index (κ2) is 3.26. The molecule has 1 atom stereocenters. The monoisotopic (exact) mass is 191 g/mol. The molecule has 0 aromatic carbocycles. The SMILES string of the molecule is Cn1cnc(C(N)c2nccn2C)c1. The Morgan fingerprint density at radius 3 is 2.64 bits per heavy atom. The zero-order chi connectivity index (χ0) is 10.1. The molecule has 2 heterocycles. The maximum Gasteiger partial charge on any atom is 0.131 e. The van der Waals surface area contributed by atoms with Crippen molar-refractivity contribution in [1.82, 2.24) is 19.1 Å².